The van der Waals surface area contributed by atoms with Gasteiger partial charge < -0.3 is 5.32 Å². The number of aryl methyl sites for hydroxylation is 3. The van der Waals surface area contributed by atoms with E-state index in [1.165, 1.54) is 49.4 Å². The topological polar surface area (TPSA) is 63.1 Å². The van der Waals surface area contributed by atoms with Crippen molar-refractivity contribution in [2.45, 2.75) is 70.6 Å². The third-order valence-electron chi connectivity index (χ3n) is 6.64. The van der Waals surface area contributed by atoms with Crippen LogP contribution in [-0.4, -0.2) is 44.4 Å². The molecule has 4 rings (SSSR count). The van der Waals surface area contributed by atoms with Gasteiger partial charge in [0.1, 0.15) is 5.82 Å². The first kappa shape index (κ1) is 24.5. The molecule has 0 spiro atoms. The molecule has 0 unspecified atom stereocenters. The molecule has 0 saturated heterocycles. The van der Waals surface area contributed by atoms with Gasteiger partial charge >= 0.3 is 0 Å². The van der Waals surface area contributed by atoms with Crippen LogP contribution in [0.5, 0.6) is 0 Å². The van der Waals surface area contributed by atoms with E-state index in [-0.39, 0.29) is 11.7 Å². The highest BCUT2D eigenvalue weighted by Crippen LogP contribution is 2.27. The minimum atomic E-state index is -0.0362. The van der Waals surface area contributed by atoms with Crippen molar-refractivity contribution >= 4 is 23.4 Å². The van der Waals surface area contributed by atoms with Gasteiger partial charge in [0.25, 0.3) is 0 Å². The molecule has 3 aromatic rings. The van der Waals surface area contributed by atoms with Crippen molar-refractivity contribution in [3.05, 3.63) is 65.0 Å². The molecule has 0 aliphatic heterocycles. The normalized spacial score (nSPS) is 14.5. The highest BCUT2D eigenvalue weighted by atomic mass is 32.2. The number of thioether (sulfide) groups is 1. The molecule has 7 heteroatoms. The summed E-state index contributed by atoms with van der Waals surface area (Å²) in [5.41, 5.74) is 5.43. The minimum Gasteiger partial charge on any atom is -0.325 e. The van der Waals surface area contributed by atoms with Crippen molar-refractivity contribution in [2.24, 2.45) is 0 Å². The molecular weight excluding hydrogens is 442 g/mol. The van der Waals surface area contributed by atoms with Gasteiger partial charge in [-0.15, -0.1) is 10.2 Å². The minimum absolute atomic E-state index is 0.0362. The quantitative estimate of drug-likeness (QED) is 0.423. The Morgan fingerprint density at radius 3 is 2.65 bits per heavy atom. The van der Waals surface area contributed by atoms with Crippen LogP contribution in [0.15, 0.2) is 47.6 Å². The molecule has 1 fully saturated rings. The fraction of sp³-hybridized carbons (Fsp3) is 0.444. The van der Waals surface area contributed by atoms with Crippen LogP contribution < -0.4 is 5.32 Å². The number of carbonyl (C=O) groups excluding carboxylic acids is 1. The summed E-state index contributed by atoms with van der Waals surface area (Å²) in [6.07, 6.45) is 6.52. The Balaban J connectivity index is 1.42. The van der Waals surface area contributed by atoms with Gasteiger partial charge in [-0.25, -0.2) is 0 Å². The Morgan fingerprint density at radius 2 is 1.85 bits per heavy atom. The van der Waals surface area contributed by atoms with E-state index >= 15 is 0 Å². The molecule has 0 radical (unpaired) electrons. The van der Waals surface area contributed by atoms with Crippen molar-refractivity contribution in [3.8, 4) is 5.69 Å². The molecule has 1 amide bonds. The molecule has 2 aromatic carbocycles. The summed E-state index contributed by atoms with van der Waals surface area (Å²) in [5, 5.41) is 12.5. The summed E-state index contributed by atoms with van der Waals surface area (Å²) < 4.78 is 2.04. The van der Waals surface area contributed by atoms with Gasteiger partial charge in [-0.1, -0.05) is 61.4 Å². The van der Waals surface area contributed by atoms with E-state index in [0.717, 1.165) is 40.0 Å². The molecule has 6 nitrogen and oxygen atoms in total. The van der Waals surface area contributed by atoms with Crippen LogP contribution in [0.4, 0.5) is 5.69 Å². The maximum absolute atomic E-state index is 12.9. The summed E-state index contributed by atoms with van der Waals surface area (Å²) in [6, 6.07) is 15.1. The first-order valence-electron chi connectivity index (χ1n) is 12.1. The van der Waals surface area contributed by atoms with Gasteiger partial charge in [0.2, 0.25) is 5.91 Å². The van der Waals surface area contributed by atoms with Crippen LogP contribution in [0.1, 0.15) is 54.6 Å². The summed E-state index contributed by atoms with van der Waals surface area (Å²) >= 11 is 1.41. The average molecular weight is 478 g/mol. The van der Waals surface area contributed by atoms with Crippen molar-refractivity contribution in [1.29, 1.82) is 0 Å². The van der Waals surface area contributed by atoms with Gasteiger partial charge in [0, 0.05) is 18.3 Å². The summed E-state index contributed by atoms with van der Waals surface area (Å²) in [6.45, 7) is 6.94. The molecule has 1 aromatic heterocycles. The second-order valence-electron chi connectivity index (χ2n) is 9.36. The van der Waals surface area contributed by atoms with Gasteiger partial charge in [-0.3, -0.25) is 14.3 Å². The summed E-state index contributed by atoms with van der Waals surface area (Å²) in [4.78, 5) is 15.3. The molecule has 1 aliphatic carbocycles. The lowest BCUT2D eigenvalue weighted by Crippen LogP contribution is -2.33. The molecule has 34 heavy (non-hydrogen) atoms. The monoisotopic (exact) mass is 477 g/mol. The number of anilines is 1. The first-order valence-corrected chi connectivity index (χ1v) is 13.1. The number of amides is 1. The molecular formula is C27H35N5OS. The van der Waals surface area contributed by atoms with E-state index in [2.05, 4.69) is 65.6 Å². The fourth-order valence-electron chi connectivity index (χ4n) is 4.69. The average Bonchev–Trinajstić information content (AvgIpc) is 3.21. The Kier molecular flexibility index (Phi) is 8.06. The largest absolute Gasteiger partial charge is 0.325 e. The van der Waals surface area contributed by atoms with Crippen molar-refractivity contribution in [2.75, 3.05) is 18.1 Å². The van der Waals surface area contributed by atoms with E-state index in [1.807, 2.05) is 29.7 Å². The fourth-order valence-corrected chi connectivity index (χ4v) is 5.48. The van der Waals surface area contributed by atoms with Crippen LogP contribution in [0.2, 0.25) is 0 Å². The van der Waals surface area contributed by atoms with E-state index in [1.54, 1.807) is 0 Å². The highest BCUT2D eigenvalue weighted by Gasteiger charge is 2.20. The van der Waals surface area contributed by atoms with Crippen LogP contribution in [-0.2, 0) is 11.3 Å². The predicted molar refractivity (Wildman–Crippen MR) is 140 cm³/mol. The maximum Gasteiger partial charge on any atom is 0.234 e. The van der Waals surface area contributed by atoms with Crippen molar-refractivity contribution in [1.82, 2.24) is 19.7 Å². The van der Waals surface area contributed by atoms with Gasteiger partial charge in [0.15, 0.2) is 5.16 Å². The molecule has 1 saturated carbocycles. The van der Waals surface area contributed by atoms with Gasteiger partial charge in [0.05, 0.1) is 11.4 Å². The second-order valence-corrected chi connectivity index (χ2v) is 10.3. The first-order chi connectivity index (χ1) is 16.4. The SMILES string of the molecule is Cc1ccc(C)c(-n2c(C)nnc2SCC(=O)Nc2ccccc2CN(C)C2CCCCC2)c1. The lowest BCUT2D eigenvalue weighted by molar-refractivity contribution is -0.113. The van der Waals surface area contributed by atoms with Crippen LogP contribution >= 0.6 is 11.8 Å². The number of benzene rings is 2. The van der Waals surface area contributed by atoms with Crippen LogP contribution in [0.3, 0.4) is 0 Å². The van der Waals surface area contributed by atoms with Crippen molar-refractivity contribution in [3.63, 3.8) is 0 Å². The number of carbonyl (C=O) groups is 1. The molecule has 1 N–H and O–H groups in total. The van der Waals surface area contributed by atoms with Gasteiger partial charge in [-0.05, 0) is 69.5 Å². The third kappa shape index (κ3) is 5.88. The number of nitrogens with zero attached hydrogens (tertiary/aromatic N) is 4. The summed E-state index contributed by atoms with van der Waals surface area (Å²) in [5.74, 6) is 1.05. The number of aromatic nitrogens is 3. The standard InChI is InChI=1S/C27H35N5OS/c1-19-14-15-20(2)25(16-19)32-21(3)29-30-27(32)34-18-26(33)28-24-13-9-8-10-22(24)17-31(4)23-11-6-5-7-12-23/h8-10,13-16,23H,5-7,11-12,17-18H2,1-4H3,(H,28,33). The third-order valence-corrected chi connectivity index (χ3v) is 7.57. The number of rotatable bonds is 8. The Morgan fingerprint density at radius 1 is 1.09 bits per heavy atom. The van der Waals surface area contributed by atoms with Crippen LogP contribution in [0, 0.1) is 20.8 Å². The zero-order valence-electron chi connectivity index (χ0n) is 20.7. The Bertz CT molecular complexity index is 1140. The second kappa shape index (κ2) is 11.2. The molecule has 1 heterocycles. The predicted octanol–water partition coefficient (Wildman–Crippen LogP) is 5.69. The zero-order valence-corrected chi connectivity index (χ0v) is 21.5. The molecule has 0 atom stereocenters. The van der Waals surface area contributed by atoms with Gasteiger partial charge in [-0.2, -0.15) is 0 Å². The number of hydrogen-bond donors (Lipinski definition) is 1. The van der Waals surface area contributed by atoms with E-state index in [9.17, 15) is 4.79 Å². The molecule has 0 bridgehead atoms. The zero-order chi connectivity index (χ0) is 24.1. The van der Waals surface area contributed by atoms with E-state index in [4.69, 9.17) is 0 Å². The lowest BCUT2D eigenvalue weighted by atomic mass is 9.94. The maximum atomic E-state index is 12.9. The lowest BCUT2D eigenvalue weighted by Gasteiger charge is -2.31. The smallest absolute Gasteiger partial charge is 0.234 e. The Labute approximate surface area is 207 Å². The summed E-state index contributed by atoms with van der Waals surface area (Å²) in [7, 11) is 2.20. The van der Waals surface area contributed by atoms with E-state index in [0.29, 0.717) is 6.04 Å². The number of para-hydroxylation sites is 1. The highest BCUT2D eigenvalue weighted by molar-refractivity contribution is 7.99. The number of nitrogens with one attached hydrogen (secondary N) is 1. The molecule has 1 aliphatic rings. The van der Waals surface area contributed by atoms with Crippen molar-refractivity contribution < 1.29 is 4.79 Å². The van der Waals surface area contributed by atoms with E-state index < -0.39 is 0 Å². The van der Waals surface area contributed by atoms with Crippen LogP contribution in [0.25, 0.3) is 5.69 Å². The molecule has 180 valence electrons. The number of hydrogen-bond acceptors (Lipinski definition) is 5. The Hall–Kier alpha value is -2.64.